The average Bonchev–Trinajstić information content (AvgIpc) is 3.37. The first kappa shape index (κ1) is 16.7. The lowest BCUT2D eigenvalue weighted by molar-refractivity contribution is -0.0165. The Hall–Kier alpha value is -2.48. The summed E-state index contributed by atoms with van der Waals surface area (Å²) in [5.74, 6) is 0.782. The van der Waals surface area contributed by atoms with Crippen molar-refractivity contribution < 1.29 is 14.9 Å². The molecule has 1 aromatic carbocycles. The molecular formula is C20H22N4O3. The van der Waals surface area contributed by atoms with Crippen LogP contribution in [0.4, 0.5) is 0 Å². The molecule has 0 saturated heterocycles. The second-order valence-electron chi connectivity index (χ2n) is 7.36. The normalized spacial score (nSPS) is 27.2. The molecule has 7 heteroatoms. The van der Waals surface area contributed by atoms with E-state index in [0.717, 1.165) is 41.1 Å². The zero-order chi connectivity index (χ0) is 18.5. The Labute approximate surface area is 156 Å². The summed E-state index contributed by atoms with van der Waals surface area (Å²) in [7, 11) is 0. The predicted octanol–water partition coefficient (Wildman–Crippen LogP) is 1.46. The van der Waals surface area contributed by atoms with Gasteiger partial charge < -0.3 is 24.8 Å². The maximum absolute atomic E-state index is 10.7. The van der Waals surface area contributed by atoms with E-state index in [0.29, 0.717) is 6.42 Å². The fraction of sp³-hybridized carbons (Fsp3) is 0.400. The third-order valence-electron chi connectivity index (χ3n) is 5.79. The summed E-state index contributed by atoms with van der Waals surface area (Å²) in [6, 6.07) is 7.63. The maximum Gasteiger partial charge on any atom is 0.143 e. The van der Waals surface area contributed by atoms with Crippen molar-refractivity contribution in [2.75, 3.05) is 0 Å². The molecule has 5 rings (SSSR count). The molecule has 0 radical (unpaired) electrons. The van der Waals surface area contributed by atoms with Crippen molar-refractivity contribution in [1.29, 1.82) is 0 Å². The molecule has 2 aliphatic rings. The van der Waals surface area contributed by atoms with Gasteiger partial charge in [-0.15, -0.1) is 0 Å². The molecule has 1 unspecified atom stereocenters. The summed E-state index contributed by atoms with van der Waals surface area (Å²) >= 11 is 0. The standard InChI is InChI=1S/C20H22N4O3/c1-11-13-5-6-24(20(13)23-10-22-11)15-7-17(19(26)18(15)25)27-16-4-2-3-12-8-21-9-14(12)16/h2-6,10,15,17-19,21,25-26H,7-9H2,1H3/t15?,17-,18-,19+/m0/s1. The number of ether oxygens (including phenoxy) is 1. The summed E-state index contributed by atoms with van der Waals surface area (Å²) < 4.78 is 8.10. The van der Waals surface area contributed by atoms with Crippen LogP contribution in [0.2, 0.25) is 0 Å². The van der Waals surface area contributed by atoms with E-state index in [1.54, 1.807) is 0 Å². The van der Waals surface area contributed by atoms with Crippen LogP contribution in [0.3, 0.4) is 0 Å². The second kappa shape index (κ2) is 6.30. The number of hydrogen-bond donors (Lipinski definition) is 3. The summed E-state index contributed by atoms with van der Waals surface area (Å²) in [6.07, 6.45) is 1.58. The highest BCUT2D eigenvalue weighted by atomic mass is 16.5. The minimum Gasteiger partial charge on any atom is -0.487 e. The molecule has 27 heavy (non-hydrogen) atoms. The van der Waals surface area contributed by atoms with Crippen molar-refractivity contribution in [2.45, 2.75) is 50.8 Å². The van der Waals surface area contributed by atoms with Gasteiger partial charge in [-0.3, -0.25) is 0 Å². The number of hydrogen-bond acceptors (Lipinski definition) is 6. The summed E-state index contributed by atoms with van der Waals surface area (Å²) in [5.41, 5.74) is 4.02. The molecule has 1 fully saturated rings. The molecule has 3 N–H and O–H groups in total. The number of aromatic nitrogens is 3. The number of fused-ring (bicyclic) bond motifs is 2. The first-order valence-electron chi connectivity index (χ1n) is 9.26. The van der Waals surface area contributed by atoms with Crippen LogP contribution in [0.5, 0.6) is 5.75 Å². The van der Waals surface area contributed by atoms with Gasteiger partial charge in [-0.25, -0.2) is 9.97 Å². The van der Waals surface area contributed by atoms with E-state index in [1.165, 1.54) is 11.9 Å². The minimum absolute atomic E-state index is 0.299. The number of aliphatic hydroxyl groups excluding tert-OH is 2. The van der Waals surface area contributed by atoms with Gasteiger partial charge in [0, 0.05) is 36.7 Å². The highest BCUT2D eigenvalue weighted by Gasteiger charge is 2.44. The number of aryl methyl sites for hydroxylation is 1. The van der Waals surface area contributed by atoms with Crippen LogP contribution in [0.25, 0.3) is 11.0 Å². The van der Waals surface area contributed by atoms with Crippen LogP contribution < -0.4 is 10.1 Å². The van der Waals surface area contributed by atoms with Crippen molar-refractivity contribution in [2.24, 2.45) is 0 Å². The van der Waals surface area contributed by atoms with Gasteiger partial charge in [-0.05, 0) is 24.6 Å². The van der Waals surface area contributed by atoms with Crippen LogP contribution in [-0.4, -0.2) is 43.1 Å². The number of nitrogens with one attached hydrogen (secondary N) is 1. The zero-order valence-electron chi connectivity index (χ0n) is 15.0. The third kappa shape index (κ3) is 2.62. The van der Waals surface area contributed by atoms with E-state index in [9.17, 15) is 10.2 Å². The lowest BCUT2D eigenvalue weighted by Gasteiger charge is -2.20. The van der Waals surface area contributed by atoms with Crippen LogP contribution in [0.15, 0.2) is 36.8 Å². The lowest BCUT2D eigenvalue weighted by Crippen LogP contribution is -2.34. The highest BCUT2D eigenvalue weighted by Crippen LogP contribution is 2.37. The molecule has 1 saturated carbocycles. The van der Waals surface area contributed by atoms with E-state index in [2.05, 4.69) is 21.4 Å². The molecule has 0 spiro atoms. The number of nitrogens with zero attached hydrogens (tertiary/aromatic N) is 3. The van der Waals surface area contributed by atoms with Gasteiger partial charge in [-0.2, -0.15) is 0 Å². The topological polar surface area (TPSA) is 92.4 Å². The monoisotopic (exact) mass is 366 g/mol. The first-order valence-corrected chi connectivity index (χ1v) is 9.26. The van der Waals surface area contributed by atoms with E-state index in [-0.39, 0.29) is 6.04 Å². The van der Waals surface area contributed by atoms with E-state index in [4.69, 9.17) is 4.74 Å². The summed E-state index contributed by atoms with van der Waals surface area (Å²) in [6.45, 7) is 3.53. The van der Waals surface area contributed by atoms with Gasteiger partial charge in [-0.1, -0.05) is 12.1 Å². The average molecular weight is 366 g/mol. The zero-order valence-corrected chi connectivity index (χ0v) is 15.0. The Morgan fingerprint density at radius 3 is 2.93 bits per heavy atom. The Morgan fingerprint density at radius 1 is 1.15 bits per heavy atom. The molecule has 7 nitrogen and oxygen atoms in total. The fourth-order valence-corrected chi connectivity index (χ4v) is 4.30. The minimum atomic E-state index is -0.958. The van der Waals surface area contributed by atoms with E-state index in [1.807, 2.05) is 35.9 Å². The van der Waals surface area contributed by atoms with Crippen LogP contribution in [-0.2, 0) is 13.1 Å². The van der Waals surface area contributed by atoms with Crippen LogP contribution in [0, 0.1) is 6.92 Å². The van der Waals surface area contributed by atoms with Crippen molar-refractivity contribution in [3.63, 3.8) is 0 Å². The van der Waals surface area contributed by atoms with Gasteiger partial charge in [0.15, 0.2) is 0 Å². The molecule has 3 heterocycles. The Morgan fingerprint density at radius 2 is 2.04 bits per heavy atom. The fourth-order valence-electron chi connectivity index (χ4n) is 4.30. The molecule has 4 atom stereocenters. The number of rotatable bonds is 3. The van der Waals surface area contributed by atoms with E-state index < -0.39 is 18.3 Å². The molecule has 140 valence electrons. The molecular weight excluding hydrogens is 344 g/mol. The molecule has 3 aromatic rings. The smallest absolute Gasteiger partial charge is 0.143 e. The van der Waals surface area contributed by atoms with Gasteiger partial charge >= 0.3 is 0 Å². The maximum atomic E-state index is 10.7. The Bertz CT molecular complexity index is 1000. The van der Waals surface area contributed by atoms with Gasteiger partial charge in [0.2, 0.25) is 0 Å². The predicted molar refractivity (Wildman–Crippen MR) is 99.3 cm³/mol. The largest absolute Gasteiger partial charge is 0.487 e. The molecule has 0 amide bonds. The van der Waals surface area contributed by atoms with Crippen LogP contribution >= 0.6 is 0 Å². The van der Waals surface area contributed by atoms with Crippen molar-refractivity contribution in [3.8, 4) is 5.75 Å². The van der Waals surface area contributed by atoms with Crippen molar-refractivity contribution >= 4 is 11.0 Å². The molecule has 1 aliphatic carbocycles. The number of benzene rings is 1. The van der Waals surface area contributed by atoms with Crippen molar-refractivity contribution in [3.05, 3.63) is 53.6 Å². The van der Waals surface area contributed by atoms with Crippen LogP contribution in [0.1, 0.15) is 29.3 Å². The third-order valence-corrected chi connectivity index (χ3v) is 5.79. The lowest BCUT2D eigenvalue weighted by atomic mass is 10.1. The number of aliphatic hydroxyl groups is 2. The highest BCUT2D eigenvalue weighted by molar-refractivity contribution is 5.78. The van der Waals surface area contributed by atoms with Crippen molar-refractivity contribution in [1.82, 2.24) is 19.9 Å². The Kier molecular flexibility index (Phi) is 3.89. The van der Waals surface area contributed by atoms with Gasteiger partial charge in [0.25, 0.3) is 0 Å². The quantitative estimate of drug-likeness (QED) is 0.650. The van der Waals surface area contributed by atoms with Gasteiger partial charge in [0.05, 0.1) is 11.7 Å². The molecule has 0 bridgehead atoms. The Balaban J connectivity index is 1.44. The SMILES string of the molecule is Cc1ncnc2c1ccn2C1C[C@H](Oc2cccc3c2CNC3)[C@@H](O)[C@H]1O. The summed E-state index contributed by atoms with van der Waals surface area (Å²) in [5, 5.41) is 25.6. The molecule has 2 aromatic heterocycles. The molecule has 1 aliphatic heterocycles. The first-order chi connectivity index (χ1) is 13.1. The van der Waals surface area contributed by atoms with E-state index >= 15 is 0 Å². The summed E-state index contributed by atoms with van der Waals surface area (Å²) in [4.78, 5) is 8.59. The second-order valence-corrected chi connectivity index (χ2v) is 7.36. The van der Waals surface area contributed by atoms with Gasteiger partial charge in [0.1, 0.15) is 36.0 Å².